The van der Waals surface area contributed by atoms with Crippen molar-refractivity contribution in [1.82, 2.24) is 4.90 Å². The van der Waals surface area contributed by atoms with Gasteiger partial charge in [0.1, 0.15) is 0 Å². The van der Waals surface area contributed by atoms with E-state index >= 15 is 0 Å². The van der Waals surface area contributed by atoms with Gasteiger partial charge < -0.3 is 10.0 Å². The SMILES string of the molecule is Cc1cc(C(=O)N2CCC(CO)C2)cc([N+](=O)[O-])c1. The zero-order chi connectivity index (χ0) is 14.0. The quantitative estimate of drug-likeness (QED) is 0.660. The summed E-state index contributed by atoms with van der Waals surface area (Å²) in [5.74, 6) is -0.0912. The van der Waals surface area contributed by atoms with Crippen LogP contribution in [0.15, 0.2) is 18.2 Å². The normalized spacial score (nSPS) is 18.6. The molecular formula is C13H16N2O4. The minimum absolute atomic E-state index is 0.0672. The van der Waals surface area contributed by atoms with Gasteiger partial charge >= 0.3 is 0 Å². The van der Waals surface area contributed by atoms with Crippen molar-refractivity contribution < 1.29 is 14.8 Å². The third kappa shape index (κ3) is 2.90. The lowest BCUT2D eigenvalue weighted by molar-refractivity contribution is -0.384. The Morgan fingerprint density at radius 1 is 1.53 bits per heavy atom. The number of nitro benzene ring substituents is 1. The average molecular weight is 264 g/mol. The standard InChI is InChI=1S/C13H16N2O4/c1-9-4-11(6-12(5-9)15(18)19)13(17)14-3-2-10(7-14)8-16/h4-6,10,16H,2-3,7-8H2,1H3. The second kappa shape index (κ2) is 5.36. The molecule has 0 aromatic heterocycles. The van der Waals surface area contributed by atoms with Crippen LogP contribution in [0.25, 0.3) is 0 Å². The molecule has 1 heterocycles. The molecule has 6 nitrogen and oxygen atoms in total. The number of nitro groups is 1. The molecule has 1 atom stereocenters. The van der Waals surface area contributed by atoms with Crippen LogP contribution in [-0.4, -0.2) is 40.5 Å². The molecule has 1 aromatic rings. The number of benzene rings is 1. The van der Waals surface area contributed by atoms with E-state index in [1.165, 1.54) is 12.1 Å². The summed E-state index contributed by atoms with van der Waals surface area (Å²) in [6, 6.07) is 4.40. The van der Waals surface area contributed by atoms with Gasteiger partial charge in [0.2, 0.25) is 0 Å². The van der Waals surface area contributed by atoms with E-state index in [1.807, 2.05) is 0 Å². The van der Waals surface area contributed by atoms with Gasteiger partial charge in [0.05, 0.1) is 4.92 Å². The van der Waals surface area contributed by atoms with E-state index < -0.39 is 4.92 Å². The van der Waals surface area contributed by atoms with Crippen LogP contribution < -0.4 is 0 Å². The Kier molecular flexibility index (Phi) is 3.80. The van der Waals surface area contributed by atoms with Gasteiger partial charge in [-0.3, -0.25) is 14.9 Å². The maximum absolute atomic E-state index is 12.3. The third-order valence-corrected chi connectivity index (χ3v) is 3.35. The number of hydrogen-bond acceptors (Lipinski definition) is 4. The van der Waals surface area contributed by atoms with Crippen molar-refractivity contribution in [2.45, 2.75) is 13.3 Å². The minimum atomic E-state index is -0.496. The van der Waals surface area contributed by atoms with E-state index in [9.17, 15) is 14.9 Å². The molecule has 1 saturated heterocycles. The van der Waals surface area contributed by atoms with E-state index in [0.717, 1.165) is 6.42 Å². The van der Waals surface area contributed by atoms with Crippen LogP contribution in [0.1, 0.15) is 22.3 Å². The molecule has 19 heavy (non-hydrogen) atoms. The van der Waals surface area contributed by atoms with Crippen LogP contribution in [0.2, 0.25) is 0 Å². The molecular weight excluding hydrogens is 248 g/mol. The molecule has 1 N–H and O–H groups in total. The fourth-order valence-electron chi connectivity index (χ4n) is 2.34. The molecule has 0 bridgehead atoms. The fraction of sp³-hybridized carbons (Fsp3) is 0.462. The van der Waals surface area contributed by atoms with Crippen molar-refractivity contribution in [1.29, 1.82) is 0 Å². The zero-order valence-electron chi connectivity index (χ0n) is 10.7. The second-order valence-corrected chi connectivity index (χ2v) is 4.90. The molecule has 0 radical (unpaired) electrons. The topological polar surface area (TPSA) is 83.7 Å². The predicted molar refractivity (Wildman–Crippen MR) is 68.9 cm³/mol. The van der Waals surface area contributed by atoms with Crippen molar-refractivity contribution in [3.05, 3.63) is 39.4 Å². The number of aliphatic hydroxyl groups is 1. The van der Waals surface area contributed by atoms with Gasteiger partial charge in [-0.05, 0) is 25.0 Å². The summed E-state index contributed by atoms with van der Waals surface area (Å²) in [6.07, 6.45) is 0.774. The first-order chi connectivity index (χ1) is 9.01. The molecule has 1 aliphatic heterocycles. The largest absolute Gasteiger partial charge is 0.396 e. The number of hydrogen-bond donors (Lipinski definition) is 1. The Labute approximate surface area is 110 Å². The molecule has 102 valence electrons. The molecule has 1 amide bonds. The summed E-state index contributed by atoms with van der Waals surface area (Å²) in [5, 5.41) is 19.9. The van der Waals surface area contributed by atoms with Crippen LogP contribution in [0.5, 0.6) is 0 Å². The molecule has 2 rings (SSSR count). The first-order valence-electron chi connectivity index (χ1n) is 6.17. The lowest BCUT2D eigenvalue weighted by Crippen LogP contribution is -2.29. The second-order valence-electron chi connectivity index (χ2n) is 4.90. The number of carbonyl (C=O) groups excluding carboxylic acids is 1. The highest BCUT2D eigenvalue weighted by Crippen LogP contribution is 2.22. The number of nitrogens with zero attached hydrogens (tertiary/aromatic N) is 2. The van der Waals surface area contributed by atoms with Gasteiger partial charge in [-0.15, -0.1) is 0 Å². The van der Waals surface area contributed by atoms with E-state index in [2.05, 4.69) is 0 Å². The van der Waals surface area contributed by atoms with Gasteiger partial charge in [-0.2, -0.15) is 0 Å². The lowest BCUT2D eigenvalue weighted by Gasteiger charge is -2.16. The monoisotopic (exact) mass is 264 g/mol. The number of aliphatic hydroxyl groups excluding tert-OH is 1. The smallest absolute Gasteiger partial charge is 0.270 e. The molecule has 0 aliphatic carbocycles. The number of rotatable bonds is 3. The van der Waals surface area contributed by atoms with Gasteiger partial charge in [0.15, 0.2) is 0 Å². The number of carbonyl (C=O) groups is 1. The summed E-state index contributed by atoms with van der Waals surface area (Å²) in [6.45, 7) is 2.89. The maximum Gasteiger partial charge on any atom is 0.270 e. The molecule has 1 unspecified atom stereocenters. The van der Waals surface area contributed by atoms with E-state index in [-0.39, 0.29) is 24.1 Å². The molecule has 0 saturated carbocycles. The zero-order valence-corrected chi connectivity index (χ0v) is 10.7. The summed E-state index contributed by atoms with van der Waals surface area (Å²) in [7, 11) is 0. The van der Waals surface area contributed by atoms with Crippen LogP contribution in [-0.2, 0) is 0 Å². The highest BCUT2D eigenvalue weighted by molar-refractivity contribution is 5.95. The Balaban J connectivity index is 2.22. The van der Waals surface area contributed by atoms with Gasteiger partial charge in [-0.25, -0.2) is 0 Å². The molecule has 1 aromatic carbocycles. The first kappa shape index (κ1) is 13.5. The first-order valence-corrected chi connectivity index (χ1v) is 6.17. The summed E-state index contributed by atoms with van der Waals surface area (Å²) in [4.78, 5) is 24.2. The Hall–Kier alpha value is -1.95. The molecule has 0 spiro atoms. The van der Waals surface area contributed by atoms with Gasteiger partial charge in [0.25, 0.3) is 11.6 Å². The average Bonchev–Trinajstić information content (AvgIpc) is 2.85. The van der Waals surface area contributed by atoms with Crippen LogP contribution in [0, 0.1) is 23.0 Å². The van der Waals surface area contributed by atoms with Crippen LogP contribution in [0.4, 0.5) is 5.69 Å². The van der Waals surface area contributed by atoms with E-state index in [4.69, 9.17) is 5.11 Å². The van der Waals surface area contributed by atoms with Crippen LogP contribution >= 0.6 is 0 Å². The summed E-state index contributed by atoms with van der Waals surface area (Å²) in [5.41, 5.74) is 0.960. The van der Waals surface area contributed by atoms with Gasteiger partial charge in [0, 0.05) is 43.3 Å². The maximum atomic E-state index is 12.3. The Bertz CT molecular complexity index is 515. The highest BCUT2D eigenvalue weighted by Gasteiger charge is 2.27. The van der Waals surface area contributed by atoms with Crippen molar-refractivity contribution >= 4 is 11.6 Å². The van der Waals surface area contributed by atoms with Crippen molar-refractivity contribution in [3.63, 3.8) is 0 Å². The molecule has 1 fully saturated rings. The summed E-state index contributed by atoms with van der Waals surface area (Å²) < 4.78 is 0. The number of amides is 1. The lowest BCUT2D eigenvalue weighted by atomic mass is 10.1. The van der Waals surface area contributed by atoms with Gasteiger partial charge in [-0.1, -0.05) is 0 Å². The molecule has 6 heteroatoms. The van der Waals surface area contributed by atoms with Crippen molar-refractivity contribution in [2.75, 3.05) is 19.7 Å². The van der Waals surface area contributed by atoms with E-state index in [1.54, 1.807) is 17.9 Å². The minimum Gasteiger partial charge on any atom is -0.396 e. The molecule has 1 aliphatic rings. The fourth-order valence-corrected chi connectivity index (χ4v) is 2.34. The third-order valence-electron chi connectivity index (χ3n) is 3.35. The highest BCUT2D eigenvalue weighted by atomic mass is 16.6. The number of non-ortho nitro benzene ring substituents is 1. The van der Waals surface area contributed by atoms with Crippen LogP contribution in [0.3, 0.4) is 0 Å². The van der Waals surface area contributed by atoms with Crippen molar-refractivity contribution in [2.24, 2.45) is 5.92 Å². The van der Waals surface area contributed by atoms with Crippen molar-refractivity contribution in [3.8, 4) is 0 Å². The number of likely N-dealkylation sites (tertiary alicyclic amines) is 1. The Morgan fingerprint density at radius 2 is 2.26 bits per heavy atom. The number of aryl methyl sites for hydroxylation is 1. The predicted octanol–water partition coefficient (Wildman–Crippen LogP) is 1.36. The Morgan fingerprint density at radius 3 is 2.84 bits per heavy atom. The summed E-state index contributed by atoms with van der Waals surface area (Å²) >= 11 is 0. The van der Waals surface area contributed by atoms with E-state index in [0.29, 0.717) is 24.2 Å².